The highest BCUT2D eigenvalue weighted by Gasteiger charge is 2.14. The molecule has 0 aromatic heterocycles. The van der Waals surface area contributed by atoms with Gasteiger partial charge in [0.25, 0.3) is 0 Å². The lowest BCUT2D eigenvalue weighted by atomic mass is 9.99. The lowest BCUT2D eigenvalue weighted by Crippen LogP contribution is -2.29. The third-order valence-electron chi connectivity index (χ3n) is 4.82. The maximum Gasteiger partial charge on any atom is 0.162 e. The number of carbonyl (C=O) groups excluding carboxylic acids is 1. The van der Waals surface area contributed by atoms with E-state index >= 15 is 0 Å². The Labute approximate surface area is 154 Å². The second-order valence-corrected chi connectivity index (χ2v) is 6.58. The molecule has 3 rings (SSSR count). The maximum absolute atomic E-state index is 12.2. The number of phenols is 1. The number of phenolic OH excluding ortho intramolecular Hbond substituents is 1. The van der Waals surface area contributed by atoms with Crippen LogP contribution in [0.4, 0.5) is 0 Å². The molecule has 0 aliphatic carbocycles. The summed E-state index contributed by atoms with van der Waals surface area (Å²) in [7, 11) is 1.68. The number of methoxy groups -OCH3 is 1. The molecule has 4 nitrogen and oxygen atoms in total. The van der Waals surface area contributed by atoms with Gasteiger partial charge in [-0.05, 0) is 66.9 Å². The number of nitrogens with zero attached hydrogens (tertiary/aromatic N) is 1. The number of ketones is 1. The molecule has 0 unspecified atom stereocenters. The Bertz CT molecular complexity index is 763. The molecule has 0 atom stereocenters. The lowest BCUT2D eigenvalue weighted by molar-refractivity contribution is 0.0975. The van der Waals surface area contributed by atoms with E-state index < -0.39 is 0 Å². The first-order valence-electron chi connectivity index (χ1n) is 9.04. The molecule has 0 bridgehead atoms. The van der Waals surface area contributed by atoms with E-state index in [9.17, 15) is 9.90 Å². The number of hydrogen-bond acceptors (Lipinski definition) is 4. The summed E-state index contributed by atoms with van der Waals surface area (Å²) in [5.74, 6) is 1.20. The van der Waals surface area contributed by atoms with Crippen LogP contribution in [0.25, 0.3) is 5.57 Å². The molecule has 0 fully saturated rings. The van der Waals surface area contributed by atoms with Crippen molar-refractivity contribution in [2.45, 2.75) is 19.3 Å². The molecule has 2 aromatic rings. The first-order chi connectivity index (χ1) is 12.7. The summed E-state index contributed by atoms with van der Waals surface area (Å²) in [5, 5.41) is 9.28. The Kier molecular flexibility index (Phi) is 6.08. The van der Waals surface area contributed by atoms with Gasteiger partial charge in [0, 0.05) is 25.1 Å². The van der Waals surface area contributed by atoms with Crippen molar-refractivity contribution in [3.8, 4) is 11.5 Å². The summed E-state index contributed by atoms with van der Waals surface area (Å²) in [4.78, 5) is 14.6. The van der Waals surface area contributed by atoms with Gasteiger partial charge in [-0.15, -0.1) is 0 Å². The number of rotatable bonds is 7. The smallest absolute Gasteiger partial charge is 0.162 e. The van der Waals surface area contributed by atoms with Crippen LogP contribution in [-0.4, -0.2) is 42.5 Å². The van der Waals surface area contributed by atoms with E-state index in [4.69, 9.17) is 4.74 Å². The number of ether oxygens (including phenoxy) is 1. The Morgan fingerprint density at radius 3 is 2.46 bits per heavy atom. The van der Waals surface area contributed by atoms with Crippen LogP contribution in [0.3, 0.4) is 0 Å². The molecular weight excluding hydrogens is 326 g/mol. The molecule has 4 heteroatoms. The molecule has 136 valence electrons. The minimum absolute atomic E-state index is 0.136. The van der Waals surface area contributed by atoms with Gasteiger partial charge >= 0.3 is 0 Å². The molecule has 1 aliphatic rings. The lowest BCUT2D eigenvalue weighted by Gasteiger charge is -2.26. The number of aromatic hydroxyl groups is 1. The third kappa shape index (κ3) is 4.73. The van der Waals surface area contributed by atoms with E-state index in [0.717, 1.165) is 38.2 Å². The Morgan fingerprint density at radius 2 is 1.85 bits per heavy atom. The van der Waals surface area contributed by atoms with Crippen LogP contribution < -0.4 is 4.74 Å². The number of hydrogen-bond donors (Lipinski definition) is 1. The fraction of sp³-hybridized carbons (Fsp3) is 0.318. The van der Waals surface area contributed by atoms with Gasteiger partial charge in [0.05, 0.1) is 7.11 Å². The topological polar surface area (TPSA) is 49.8 Å². The molecule has 0 spiro atoms. The van der Waals surface area contributed by atoms with Crippen LogP contribution in [-0.2, 0) is 0 Å². The van der Waals surface area contributed by atoms with Crippen molar-refractivity contribution >= 4 is 11.4 Å². The molecular formula is C22H25NO3. The minimum Gasteiger partial charge on any atom is -0.508 e. The maximum atomic E-state index is 12.2. The average Bonchev–Trinajstić information content (AvgIpc) is 2.69. The van der Waals surface area contributed by atoms with Crippen molar-refractivity contribution in [1.29, 1.82) is 0 Å². The molecule has 1 aliphatic heterocycles. The van der Waals surface area contributed by atoms with E-state index in [1.54, 1.807) is 31.4 Å². The molecule has 1 heterocycles. The van der Waals surface area contributed by atoms with Gasteiger partial charge in [-0.25, -0.2) is 0 Å². The predicted molar refractivity (Wildman–Crippen MR) is 104 cm³/mol. The number of carbonyl (C=O) groups is 1. The van der Waals surface area contributed by atoms with Gasteiger partial charge < -0.3 is 9.84 Å². The van der Waals surface area contributed by atoms with Crippen LogP contribution in [0.1, 0.15) is 35.2 Å². The van der Waals surface area contributed by atoms with E-state index in [0.29, 0.717) is 12.0 Å². The summed E-state index contributed by atoms with van der Waals surface area (Å²) in [5.41, 5.74) is 3.31. The van der Waals surface area contributed by atoms with Crippen LogP contribution in [0.2, 0.25) is 0 Å². The second-order valence-electron chi connectivity index (χ2n) is 6.58. The first-order valence-corrected chi connectivity index (χ1v) is 9.04. The van der Waals surface area contributed by atoms with Crippen LogP contribution in [0, 0.1) is 0 Å². The Morgan fingerprint density at radius 1 is 1.12 bits per heavy atom. The molecule has 0 radical (unpaired) electrons. The highest BCUT2D eigenvalue weighted by molar-refractivity contribution is 5.96. The zero-order valence-corrected chi connectivity index (χ0v) is 15.1. The van der Waals surface area contributed by atoms with Gasteiger partial charge in [0.15, 0.2) is 5.78 Å². The predicted octanol–water partition coefficient (Wildman–Crippen LogP) is 4.15. The second kappa shape index (κ2) is 8.68. The normalized spacial score (nSPS) is 14.7. The monoisotopic (exact) mass is 351 g/mol. The van der Waals surface area contributed by atoms with Crippen LogP contribution >= 0.6 is 0 Å². The molecule has 0 saturated carbocycles. The standard InChI is InChI=1S/C22H25NO3/c1-26-21-10-6-17(7-11-21)18-12-15-23(16-13-18)14-2-3-22(25)19-4-8-20(24)9-5-19/h4-12,24H,2-3,13-16H2,1H3. The molecule has 2 aromatic carbocycles. The molecule has 1 N–H and O–H groups in total. The third-order valence-corrected chi connectivity index (χ3v) is 4.82. The summed E-state index contributed by atoms with van der Waals surface area (Å²) in [6.07, 6.45) is 4.70. The van der Waals surface area contributed by atoms with Crippen molar-refractivity contribution < 1.29 is 14.6 Å². The van der Waals surface area contributed by atoms with Gasteiger partial charge in [0.2, 0.25) is 0 Å². The van der Waals surface area contributed by atoms with Crippen LogP contribution in [0.5, 0.6) is 11.5 Å². The van der Waals surface area contributed by atoms with Crippen molar-refractivity contribution in [3.05, 3.63) is 65.7 Å². The fourth-order valence-corrected chi connectivity index (χ4v) is 3.24. The summed E-state index contributed by atoms with van der Waals surface area (Å²) < 4.78 is 5.21. The quantitative estimate of drug-likeness (QED) is 0.761. The molecule has 0 saturated heterocycles. The average molecular weight is 351 g/mol. The largest absolute Gasteiger partial charge is 0.508 e. The Balaban J connectivity index is 1.45. The van der Waals surface area contributed by atoms with Crippen molar-refractivity contribution in [3.63, 3.8) is 0 Å². The van der Waals surface area contributed by atoms with Crippen molar-refractivity contribution in [2.75, 3.05) is 26.7 Å². The fourth-order valence-electron chi connectivity index (χ4n) is 3.24. The molecule has 26 heavy (non-hydrogen) atoms. The van der Waals surface area contributed by atoms with Gasteiger partial charge in [-0.3, -0.25) is 9.69 Å². The van der Waals surface area contributed by atoms with E-state index in [-0.39, 0.29) is 11.5 Å². The first kappa shape index (κ1) is 18.2. The minimum atomic E-state index is 0.136. The highest BCUT2D eigenvalue weighted by atomic mass is 16.5. The van der Waals surface area contributed by atoms with Crippen LogP contribution in [0.15, 0.2) is 54.6 Å². The zero-order valence-electron chi connectivity index (χ0n) is 15.1. The number of Topliss-reactive ketones (excluding diaryl/α,β-unsaturated/α-hetero) is 1. The van der Waals surface area contributed by atoms with E-state index in [1.807, 2.05) is 12.1 Å². The summed E-state index contributed by atoms with van der Waals surface area (Å²) in [6.45, 7) is 2.87. The SMILES string of the molecule is COc1ccc(C2=CCN(CCCC(=O)c3ccc(O)cc3)CC2)cc1. The zero-order chi connectivity index (χ0) is 18.4. The highest BCUT2D eigenvalue weighted by Crippen LogP contribution is 2.24. The van der Waals surface area contributed by atoms with Crippen molar-refractivity contribution in [2.24, 2.45) is 0 Å². The van der Waals surface area contributed by atoms with Crippen molar-refractivity contribution in [1.82, 2.24) is 4.90 Å². The van der Waals surface area contributed by atoms with Gasteiger partial charge in [0.1, 0.15) is 11.5 Å². The number of benzene rings is 2. The summed E-state index contributed by atoms with van der Waals surface area (Å²) in [6, 6.07) is 14.7. The molecule has 0 amide bonds. The Hall–Kier alpha value is -2.59. The van der Waals surface area contributed by atoms with E-state index in [1.165, 1.54) is 11.1 Å². The van der Waals surface area contributed by atoms with Gasteiger partial charge in [-0.1, -0.05) is 18.2 Å². The van der Waals surface area contributed by atoms with E-state index in [2.05, 4.69) is 23.1 Å². The van der Waals surface area contributed by atoms with Gasteiger partial charge in [-0.2, -0.15) is 0 Å². The summed E-state index contributed by atoms with van der Waals surface area (Å²) >= 11 is 0.